The van der Waals surface area contributed by atoms with Gasteiger partial charge >= 0.3 is 0 Å². The van der Waals surface area contributed by atoms with Crippen molar-refractivity contribution in [2.24, 2.45) is 5.92 Å². The fourth-order valence-electron chi connectivity index (χ4n) is 2.47. The summed E-state index contributed by atoms with van der Waals surface area (Å²) in [6.07, 6.45) is 6.02. The topological polar surface area (TPSA) is 74.8 Å². The Bertz CT molecular complexity index is 475. The SMILES string of the molecule is Cc1[nH]ncc1S(=O)(=O)NC(C)C1CCCC1. The van der Waals surface area contributed by atoms with Crippen LogP contribution in [0.2, 0.25) is 0 Å². The first-order valence-corrected chi connectivity index (χ1v) is 7.51. The summed E-state index contributed by atoms with van der Waals surface area (Å²) in [5.74, 6) is 0.469. The molecule has 1 heterocycles. The van der Waals surface area contributed by atoms with E-state index in [0.717, 1.165) is 12.8 Å². The van der Waals surface area contributed by atoms with Gasteiger partial charge in [0.15, 0.2) is 0 Å². The second kappa shape index (κ2) is 4.78. The lowest BCUT2D eigenvalue weighted by Gasteiger charge is -2.19. The summed E-state index contributed by atoms with van der Waals surface area (Å²) in [4.78, 5) is 0.252. The third-order valence-electron chi connectivity index (χ3n) is 3.52. The van der Waals surface area contributed by atoms with Crippen molar-refractivity contribution >= 4 is 10.0 Å². The molecule has 5 nitrogen and oxygen atoms in total. The van der Waals surface area contributed by atoms with E-state index < -0.39 is 10.0 Å². The highest BCUT2D eigenvalue weighted by Gasteiger charge is 2.27. The van der Waals surface area contributed by atoms with Crippen LogP contribution in [0, 0.1) is 12.8 Å². The van der Waals surface area contributed by atoms with Crippen molar-refractivity contribution in [2.75, 3.05) is 0 Å². The molecule has 1 aliphatic carbocycles. The minimum absolute atomic E-state index is 0.00296. The van der Waals surface area contributed by atoms with E-state index >= 15 is 0 Å². The summed E-state index contributed by atoms with van der Waals surface area (Å²) in [6.45, 7) is 3.66. The summed E-state index contributed by atoms with van der Waals surface area (Å²) in [7, 11) is -3.43. The van der Waals surface area contributed by atoms with Crippen molar-refractivity contribution in [3.63, 3.8) is 0 Å². The van der Waals surface area contributed by atoms with E-state index in [1.165, 1.54) is 19.0 Å². The highest BCUT2D eigenvalue weighted by atomic mass is 32.2. The summed E-state index contributed by atoms with van der Waals surface area (Å²) in [5, 5.41) is 6.40. The van der Waals surface area contributed by atoms with E-state index in [2.05, 4.69) is 14.9 Å². The summed E-state index contributed by atoms with van der Waals surface area (Å²) < 4.78 is 27.0. The van der Waals surface area contributed by atoms with Crippen LogP contribution in [0.5, 0.6) is 0 Å². The van der Waals surface area contributed by atoms with E-state index in [0.29, 0.717) is 11.6 Å². The second-order valence-corrected chi connectivity index (χ2v) is 6.50. The quantitative estimate of drug-likeness (QED) is 0.860. The molecule has 1 saturated carbocycles. The normalized spacial score (nSPS) is 19.6. The molecule has 1 aliphatic rings. The first-order chi connectivity index (χ1) is 8.00. The zero-order valence-electron chi connectivity index (χ0n) is 10.2. The van der Waals surface area contributed by atoms with Gasteiger partial charge in [-0.2, -0.15) is 5.10 Å². The molecule has 1 aromatic heterocycles. The molecular weight excluding hydrogens is 238 g/mol. The van der Waals surface area contributed by atoms with Crippen molar-refractivity contribution in [3.05, 3.63) is 11.9 Å². The van der Waals surface area contributed by atoms with E-state index in [1.807, 2.05) is 6.92 Å². The molecule has 1 aromatic rings. The molecule has 1 fully saturated rings. The first kappa shape index (κ1) is 12.6. The largest absolute Gasteiger partial charge is 0.281 e. The summed E-state index contributed by atoms with van der Waals surface area (Å²) in [6, 6.07) is -0.00296. The van der Waals surface area contributed by atoms with Crippen LogP contribution in [-0.4, -0.2) is 24.7 Å². The van der Waals surface area contributed by atoms with Gasteiger partial charge in [0.05, 0.1) is 11.9 Å². The van der Waals surface area contributed by atoms with Gasteiger partial charge in [0.1, 0.15) is 4.90 Å². The molecule has 6 heteroatoms. The van der Waals surface area contributed by atoms with Crippen LogP contribution in [0.3, 0.4) is 0 Å². The number of nitrogens with one attached hydrogen (secondary N) is 2. The Morgan fingerprint density at radius 3 is 2.65 bits per heavy atom. The van der Waals surface area contributed by atoms with E-state index in [4.69, 9.17) is 0 Å². The van der Waals surface area contributed by atoms with Gasteiger partial charge in [0.25, 0.3) is 0 Å². The van der Waals surface area contributed by atoms with Crippen LogP contribution >= 0.6 is 0 Å². The molecule has 0 spiro atoms. The second-order valence-electron chi connectivity index (χ2n) is 4.81. The molecule has 0 bridgehead atoms. The summed E-state index contributed by atoms with van der Waals surface area (Å²) >= 11 is 0. The molecule has 1 atom stereocenters. The van der Waals surface area contributed by atoms with Crippen molar-refractivity contribution in [2.45, 2.75) is 50.5 Å². The molecule has 0 aromatic carbocycles. The Morgan fingerprint density at radius 1 is 1.47 bits per heavy atom. The fourth-order valence-corrected chi connectivity index (χ4v) is 3.92. The lowest BCUT2D eigenvalue weighted by Crippen LogP contribution is -2.37. The minimum atomic E-state index is -3.43. The number of nitrogens with zero attached hydrogens (tertiary/aromatic N) is 1. The van der Waals surface area contributed by atoms with Gasteiger partial charge in [-0.15, -0.1) is 0 Å². The Labute approximate surface area is 102 Å². The van der Waals surface area contributed by atoms with Gasteiger partial charge < -0.3 is 0 Å². The van der Waals surface area contributed by atoms with Crippen molar-refractivity contribution in [1.82, 2.24) is 14.9 Å². The van der Waals surface area contributed by atoms with Crippen LogP contribution in [-0.2, 0) is 10.0 Å². The zero-order chi connectivity index (χ0) is 12.5. The maximum Gasteiger partial charge on any atom is 0.244 e. The molecular formula is C11H19N3O2S. The van der Waals surface area contributed by atoms with Crippen molar-refractivity contribution in [3.8, 4) is 0 Å². The van der Waals surface area contributed by atoms with Crippen molar-refractivity contribution < 1.29 is 8.42 Å². The average molecular weight is 257 g/mol. The molecule has 96 valence electrons. The smallest absolute Gasteiger partial charge is 0.244 e. The Kier molecular flexibility index (Phi) is 3.53. The zero-order valence-corrected chi connectivity index (χ0v) is 11.0. The molecule has 0 radical (unpaired) electrons. The number of aromatic amines is 1. The number of sulfonamides is 1. The maximum atomic E-state index is 12.1. The first-order valence-electron chi connectivity index (χ1n) is 6.03. The van der Waals surface area contributed by atoms with Gasteiger partial charge in [0, 0.05) is 6.04 Å². The van der Waals surface area contributed by atoms with Gasteiger partial charge in [-0.3, -0.25) is 5.10 Å². The number of hydrogen-bond donors (Lipinski definition) is 2. The highest BCUT2D eigenvalue weighted by molar-refractivity contribution is 7.89. The number of rotatable bonds is 4. The molecule has 0 aliphatic heterocycles. The number of H-pyrrole nitrogens is 1. The van der Waals surface area contributed by atoms with Crippen LogP contribution in [0.15, 0.2) is 11.1 Å². The maximum absolute atomic E-state index is 12.1. The van der Waals surface area contributed by atoms with E-state index in [-0.39, 0.29) is 10.9 Å². The molecule has 1 unspecified atom stereocenters. The molecule has 2 N–H and O–H groups in total. The molecule has 17 heavy (non-hydrogen) atoms. The molecule has 0 amide bonds. The molecule has 2 rings (SSSR count). The Morgan fingerprint density at radius 2 is 2.12 bits per heavy atom. The average Bonchev–Trinajstić information content (AvgIpc) is 2.85. The predicted octanol–water partition coefficient (Wildman–Crippen LogP) is 1.58. The van der Waals surface area contributed by atoms with E-state index in [1.54, 1.807) is 6.92 Å². The minimum Gasteiger partial charge on any atom is -0.281 e. The van der Waals surface area contributed by atoms with Gasteiger partial charge in [-0.1, -0.05) is 12.8 Å². The number of hydrogen-bond acceptors (Lipinski definition) is 3. The monoisotopic (exact) mass is 257 g/mol. The number of aryl methyl sites for hydroxylation is 1. The van der Waals surface area contributed by atoms with Gasteiger partial charge in [-0.05, 0) is 32.6 Å². The van der Waals surface area contributed by atoms with Gasteiger partial charge in [0.2, 0.25) is 10.0 Å². The van der Waals surface area contributed by atoms with Crippen LogP contribution < -0.4 is 4.72 Å². The van der Waals surface area contributed by atoms with Crippen LogP contribution in [0.25, 0.3) is 0 Å². The molecule has 0 saturated heterocycles. The lowest BCUT2D eigenvalue weighted by atomic mass is 10.0. The third kappa shape index (κ3) is 2.69. The Balaban J connectivity index is 2.09. The Hall–Kier alpha value is -0.880. The van der Waals surface area contributed by atoms with Gasteiger partial charge in [-0.25, -0.2) is 13.1 Å². The number of aromatic nitrogens is 2. The predicted molar refractivity (Wildman–Crippen MR) is 65.1 cm³/mol. The third-order valence-corrected chi connectivity index (χ3v) is 5.19. The highest BCUT2D eigenvalue weighted by Crippen LogP contribution is 2.28. The fraction of sp³-hybridized carbons (Fsp3) is 0.727. The summed E-state index contributed by atoms with van der Waals surface area (Å²) in [5.41, 5.74) is 0.580. The lowest BCUT2D eigenvalue weighted by molar-refractivity contribution is 0.424. The van der Waals surface area contributed by atoms with Crippen LogP contribution in [0.4, 0.5) is 0 Å². The van der Waals surface area contributed by atoms with E-state index in [9.17, 15) is 8.42 Å². The van der Waals surface area contributed by atoms with Crippen molar-refractivity contribution in [1.29, 1.82) is 0 Å². The van der Waals surface area contributed by atoms with Crippen LogP contribution in [0.1, 0.15) is 38.3 Å². The standard InChI is InChI=1S/C11H19N3O2S/c1-8(10-5-3-4-6-10)14-17(15,16)11-7-12-13-9(11)2/h7-8,10,14H,3-6H2,1-2H3,(H,12,13).